The summed E-state index contributed by atoms with van der Waals surface area (Å²) in [7, 11) is 2.06. The van der Waals surface area contributed by atoms with Crippen molar-refractivity contribution in [3.63, 3.8) is 0 Å². The van der Waals surface area contributed by atoms with Crippen LogP contribution in [0.5, 0.6) is 0 Å². The number of benzene rings is 2. The number of likely N-dealkylation sites (N-methyl/N-ethyl adjacent to an activating group) is 1. The minimum Gasteiger partial charge on any atom is -0.397 e. The number of nitrogen functional groups attached to an aromatic ring is 1. The summed E-state index contributed by atoms with van der Waals surface area (Å²) in [5.41, 5.74) is 10.6. The van der Waals surface area contributed by atoms with Gasteiger partial charge >= 0.3 is 0 Å². The van der Waals surface area contributed by atoms with E-state index in [1.165, 1.54) is 11.1 Å². The second kappa shape index (κ2) is 6.08. The quantitative estimate of drug-likeness (QED) is 0.859. The van der Waals surface area contributed by atoms with E-state index in [1.807, 2.05) is 18.2 Å². The number of fused-ring (bicyclic) bond motifs is 1. The number of rotatable bonds is 3. The van der Waals surface area contributed by atoms with Crippen molar-refractivity contribution in [2.75, 3.05) is 30.8 Å². The fourth-order valence-corrected chi connectivity index (χ4v) is 3.23. The van der Waals surface area contributed by atoms with Crippen LogP contribution >= 0.6 is 15.9 Å². The van der Waals surface area contributed by atoms with Crippen molar-refractivity contribution in [3.8, 4) is 0 Å². The van der Waals surface area contributed by atoms with Gasteiger partial charge in [0.2, 0.25) is 0 Å². The first-order chi connectivity index (χ1) is 10.1. The lowest BCUT2D eigenvalue weighted by atomic mass is 9.97. The molecule has 2 aromatic rings. The van der Waals surface area contributed by atoms with Crippen LogP contribution in [0, 0.1) is 0 Å². The Morgan fingerprint density at radius 2 is 2.10 bits per heavy atom. The van der Waals surface area contributed by atoms with Gasteiger partial charge < -0.3 is 15.4 Å². The van der Waals surface area contributed by atoms with Crippen molar-refractivity contribution in [2.45, 2.75) is 12.5 Å². The third-order valence-electron chi connectivity index (χ3n) is 3.93. The molecule has 1 aliphatic heterocycles. The third-order valence-corrected chi connectivity index (χ3v) is 4.43. The lowest BCUT2D eigenvalue weighted by Crippen LogP contribution is -2.29. The summed E-state index contributed by atoms with van der Waals surface area (Å²) in [5.74, 6) is 0. The molecule has 3 rings (SSSR count). The minimum absolute atomic E-state index is 0.1000. The molecule has 0 aliphatic carbocycles. The Kier molecular flexibility index (Phi) is 4.17. The highest BCUT2D eigenvalue weighted by Crippen LogP contribution is 2.31. The van der Waals surface area contributed by atoms with Gasteiger partial charge in [0.25, 0.3) is 0 Å². The first-order valence-corrected chi connectivity index (χ1v) is 7.90. The van der Waals surface area contributed by atoms with Crippen LogP contribution in [0.3, 0.4) is 0 Å². The van der Waals surface area contributed by atoms with Gasteiger partial charge in [0.15, 0.2) is 0 Å². The first-order valence-electron chi connectivity index (χ1n) is 7.10. The fourth-order valence-electron chi connectivity index (χ4n) is 2.85. The number of halogens is 1. The smallest absolute Gasteiger partial charge is 0.100 e. The van der Waals surface area contributed by atoms with E-state index in [0.717, 1.165) is 35.4 Å². The van der Waals surface area contributed by atoms with E-state index in [0.29, 0.717) is 0 Å². The lowest BCUT2D eigenvalue weighted by Gasteiger charge is -2.31. The predicted molar refractivity (Wildman–Crippen MR) is 90.7 cm³/mol. The summed E-state index contributed by atoms with van der Waals surface area (Å²) in [6.07, 6.45) is 1.10. The number of anilines is 2. The number of hydrogen-bond donors (Lipinski definition) is 1. The highest BCUT2D eigenvalue weighted by Gasteiger charge is 2.22. The number of hydrogen-bond acceptors (Lipinski definition) is 3. The first kappa shape index (κ1) is 14.4. The summed E-state index contributed by atoms with van der Waals surface area (Å²) in [4.78, 5) is 2.16. The molecule has 1 atom stereocenters. The van der Waals surface area contributed by atoms with Gasteiger partial charge in [-0.15, -0.1) is 0 Å². The maximum Gasteiger partial charge on any atom is 0.100 e. The Labute approximate surface area is 133 Å². The average Bonchev–Trinajstić information content (AvgIpc) is 2.47. The van der Waals surface area contributed by atoms with Gasteiger partial charge in [-0.2, -0.15) is 0 Å². The van der Waals surface area contributed by atoms with Gasteiger partial charge in [0.05, 0.1) is 18.0 Å². The Hall–Kier alpha value is -1.52. The molecule has 0 saturated heterocycles. The van der Waals surface area contributed by atoms with Gasteiger partial charge in [-0.05, 0) is 35.7 Å². The average molecular weight is 347 g/mol. The second-order valence-electron chi connectivity index (χ2n) is 5.39. The molecule has 1 unspecified atom stereocenters. The molecule has 0 radical (unpaired) electrons. The summed E-state index contributed by atoms with van der Waals surface area (Å²) >= 11 is 3.44. The summed E-state index contributed by atoms with van der Waals surface area (Å²) in [6, 6.07) is 14.5. The summed E-state index contributed by atoms with van der Waals surface area (Å²) in [6.45, 7) is 1.58. The monoisotopic (exact) mass is 346 g/mol. The standard InChI is InChI=1S/C17H19BrN2O/c1-20(16-7-6-13(18)10-15(16)19)11-17-14-5-3-2-4-12(14)8-9-21-17/h2-7,10,17H,8-9,11,19H2,1H3. The van der Waals surface area contributed by atoms with Gasteiger partial charge in [0.1, 0.15) is 6.10 Å². The van der Waals surface area contributed by atoms with Crippen LogP contribution in [0.1, 0.15) is 17.2 Å². The van der Waals surface area contributed by atoms with Crippen LogP contribution in [0.4, 0.5) is 11.4 Å². The number of nitrogens with zero attached hydrogens (tertiary/aromatic N) is 1. The normalized spacial score (nSPS) is 17.3. The number of nitrogens with two attached hydrogens (primary N) is 1. The maximum atomic E-state index is 6.11. The van der Waals surface area contributed by atoms with Crippen molar-refractivity contribution >= 4 is 27.3 Å². The van der Waals surface area contributed by atoms with Crippen LogP contribution in [-0.4, -0.2) is 20.2 Å². The van der Waals surface area contributed by atoms with Crippen LogP contribution in [0.25, 0.3) is 0 Å². The second-order valence-corrected chi connectivity index (χ2v) is 6.31. The van der Waals surface area contributed by atoms with E-state index in [9.17, 15) is 0 Å². The minimum atomic E-state index is 0.1000. The molecular formula is C17H19BrN2O. The Bertz CT molecular complexity index is 644. The molecule has 21 heavy (non-hydrogen) atoms. The van der Waals surface area contributed by atoms with Crippen molar-refractivity contribution < 1.29 is 4.74 Å². The van der Waals surface area contributed by atoms with Gasteiger partial charge in [-0.25, -0.2) is 0 Å². The largest absolute Gasteiger partial charge is 0.397 e. The van der Waals surface area contributed by atoms with Crippen molar-refractivity contribution in [1.82, 2.24) is 0 Å². The SMILES string of the molecule is CN(CC1OCCc2ccccc21)c1ccc(Br)cc1N. The Morgan fingerprint density at radius 1 is 1.29 bits per heavy atom. The zero-order valence-electron chi connectivity index (χ0n) is 12.1. The maximum absolute atomic E-state index is 6.11. The zero-order valence-corrected chi connectivity index (χ0v) is 13.6. The van der Waals surface area contributed by atoms with Gasteiger partial charge in [-0.1, -0.05) is 40.2 Å². The van der Waals surface area contributed by atoms with Gasteiger partial charge in [0, 0.05) is 18.1 Å². The topological polar surface area (TPSA) is 38.5 Å². The molecule has 0 amide bonds. The Morgan fingerprint density at radius 3 is 2.90 bits per heavy atom. The highest BCUT2D eigenvalue weighted by molar-refractivity contribution is 9.10. The molecule has 2 N–H and O–H groups in total. The molecule has 0 saturated carbocycles. The molecule has 110 valence electrons. The molecular weight excluding hydrogens is 328 g/mol. The van der Waals surface area contributed by atoms with Crippen LogP contribution in [0.15, 0.2) is 46.9 Å². The predicted octanol–water partition coefficient (Wildman–Crippen LogP) is 3.78. The molecule has 0 aromatic heterocycles. The number of ether oxygens (including phenoxy) is 1. The zero-order chi connectivity index (χ0) is 14.8. The van der Waals surface area contributed by atoms with E-state index >= 15 is 0 Å². The third kappa shape index (κ3) is 3.06. The molecule has 2 aromatic carbocycles. The van der Waals surface area contributed by atoms with Crippen LogP contribution in [0.2, 0.25) is 0 Å². The molecule has 0 spiro atoms. The molecule has 1 heterocycles. The van der Waals surface area contributed by atoms with Crippen molar-refractivity contribution in [2.24, 2.45) is 0 Å². The Balaban J connectivity index is 1.81. The van der Waals surface area contributed by atoms with E-state index in [4.69, 9.17) is 10.5 Å². The van der Waals surface area contributed by atoms with Gasteiger partial charge in [-0.3, -0.25) is 0 Å². The molecule has 0 bridgehead atoms. The highest BCUT2D eigenvalue weighted by atomic mass is 79.9. The fraction of sp³-hybridized carbons (Fsp3) is 0.294. The molecule has 3 nitrogen and oxygen atoms in total. The van der Waals surface area contributed by atoms with E-state index in [1.54, 1.807) is 0 Å². The van der Waals surface area contributed by atoms with E-state index in [2.05, 4.69) is 52.1 Å². The van der Waals surface area contributed by atoms with Crippen LogP contribution < -0.4 is 10.6 Å². The van der Waals surface area contributed by atoms with Crippen LogP contribution in [-0.2, 0) is 11.2 Å². The lowest BCUT2D eigenvalue weighted by molar-refractivity contribution is 0.0478. The van der Waals surface area contributed by atoms with E-state index in [-0.39, 0.29) is 6.10 Å². The van der Waals surface area contributed by atoms with E-state index < -0.39 is 0 Å². The molecule has 4 heteroatoms. The molecule has 1 aliphatic rings. The van der Waals surface area contributed by atoms with Crippen molar-refractivity contribution in [1.29, 1.82) is 0 Å². The summed E-state index contributed by atoms with van der Waals surface area (Å²) in [5, 5.41) is 0. The van der Waals surface area contributed by atoms with Crippen molar-refractivity contribution in [3.05, 3.63) is 58.1 Å². The summed E-state index contributed by atoms with van der Waals surface area (Å²) < 4.78 is 6.97. The molecule has 0 fully saturated rings.